The standard InChI is InChI=1S/C27H29N3O4/c1-3-8-22-17-21(11-12-25(22)34-20-26(31)33-4-2)18-23(19-28)27(32)30-15-13-29(14-16-30)24-9-6-5-7-10-24/h3,5-7,9-12,17-18H,1,4,8,13-16,20H2,2H3/b23-18-. The van der Waals surface area contributed by atoms with Crippen molar-refractivity contribution in [1.82, 2.24) is 4.90 Å². The minimum atomic E-state index is -0.444. The topological polar surface area (TPSA) is 82.9 Å². The molecule has 7 nitrogen and oxygen atoms in total. The van der Waals surface area contributed by atoms with Crippen LogP contribution in [0.15, 0.2) is 66.8 Å². The van der Waals surface area contributed by atoms with Crippen LogP contribution in [-0.4, -0.2) is 56.2 Å². The molecule has 2 aromatic rings. The number of hydrogen-bond donors (Lipinski definition) is 0. The smallest absolute Gasteiger partial charge is 0.344 e. The zero-order valence-electron chi connectivity index (χ0n) is 19.4. The van der Waals surface area contributed by atoms with Crippen LogP contribution >= 0.6 is 0 Å². The first kappa shape index (κ1) is 24.6. The molecule has 0 unspecified atom stereocenters. The van der Waals surface area contributed by atoms with Crippen molar-refractivity contribution in [3.8, 4) is 11.8 Å². The molecule has 0 saturated carbocycles. The Kier molecular flexibility index (Phi) is 8.87. The first-order valence-electron chi connectivity index (χ1n) is 11.3. The molecule has 0 N–H and O–H groups in total. The van der Waals surface area contributed by atoms with E-state index >= 15 is 0 Å². The van der Waals surface area contributed by atoms with Gasteiger partial charge in [0.1, 0.15) is 17.4 Å². The maximum atomic E-state index is 13.0. The normalized spacial score (nSPS) is 13.7. The SMILES string of the molecule is C=CCc1cc(/C=C(/C#N)C(=O)N2CCN(c3ccccc3)CC2)ccc1OCC(=O)OCC. The van der Waals surface area contributed by atoms with Gasteiger partial charge < -0.3 is 19.3 Å². The van der Waals surface area contributed by atoms with Crippen molar-refractivity contribution in [3.05, 3.63) is 77.9 Å². The lowest BCUT2D eigenvalue weighted by Gasteiger charge is -2.36. The molecule has 1 aliphatic heterocycles. The monoisotopic (exact) mass is 459 g/mol. The second kappa shape index (κ2) is 12.3. The number of para-hydroxylation sites is 1. The maximum Gasteiger partial charge on any atom is 0.344 e. The van der Waals surface area contributed by atoms with Crippen LogP contribution in [0, 0.1) is 11.3 Å². The van der Waals surface area contributed by atoms with Gasteiger partial charge in [0.05, 0.1) is 6.61 Å². The van der Waals surface area contributed by atoms with Gasteiger partial charge in [-0.25, -0.2) is 4.79 Å². The number of ether oxygens (including phenoxy) is 2. The van der Waals surface area contributed by atoms with Gasteiger partial charge in [0, 0.05) is 31.9 Å². The third-order valence-corrected chi connectivity index (χ3v) is 5.45. The lowest BCUT2D eigenvalue weighted by Crippen LogP contribution is -2.49. The van der Waals surface area contributed by atoms with Gasteiger partial charge in [-0.2, -0.15) is 5.26 Å². The zero-order chi connectivity index (χ0) is 24.3. The van der Waals surface area contributed by atoms with Gasteiger partial charge in [-0.1, -0.05) is 30.3 Å². The van der Waals surface area contributed by atoms with Crippen LogP contribution < -0.4 is 9.64 Å². The molecule has 0 atom stereocenters. The van der Waals surface area contributed by atoms with Crippen LogP contribution in [0.1, 0.15) is 18.1 Å². The van der Waals surface area contributed by atoms with E-state index in [1.807, 2.05) is 24.3 Å². The quantitative estimate of drug-likeness (QED) is 0.247. The lowest BCUT2D eigenvalue weighted by atomic mass is 10.0. The van der Waals surface area contributed by atoms with Crippen molar-refractivity contribution < 1.29 is 19.1 Å². The van der Waals surface area contributed by atoms with E-state index in [1.54, 1.807) is 36.1 Å². The molecular weight excluding hydrogens is 430 g/mol. The Hall–Kier alpha value is -4.05. The first-order valence-corrected chi connectivity index (χ1v) is 11.3. The van der Waals surface area contributed by atoms with E-state index in [0.29, 0.717) is 43.9 Å². The number of esters is 1. The number of anilines is 1. The molecule has 1 amide bonds. The van der Waals surface area contributed by atoms with Gasteiger partial charge in [0.25, 0.3) is 5.91 Å². The number of carbonyl (C=O) groups is 2. The minimum Gasteiger partial charge on any atom is -0.482 e. The highest BCUT2D eigenvalue weighted by atomic mass is 16.6. The molecule has 1 fully saturated rings. The van der Waals surface area contributed by atoms with Crippen molar-refractivity contribution in [2.75, 3.05) is 44.3 Å². The van der Waals surface area contributed by atoms with Crippen molar-refractivity contribution in [3.63, 3.8) is 0 Å². The molecule has 0 aliphatic carbocycles. The molecule has 7 heteroatoms. The van der Waals surface area contributed by atoms with E-state index < -0.39 is 5.97 Å². The average Bonchev–Trinajstić information content (AvgIpc) is 2.87. The largest absolute Gasteiger partial charge is 0.482 e. The van der Waals surface area contributed by atoms with Crippen LogP contribution in [-0.2, 0) is 20.7 Å². The minimum absolute atomic E-state index is 0.0814. The van der Waals surface area contributed by atoms with E-state index in [0.717, 1.165) is 11.3 Å². The van der Waals surface area contributed by atoms with Crippen LogP contribution in [0.4, 0.5) is 5.69 Å². The molecule has 1 heterocycles. The van der Waals surface area contributed by atoms with Crippen molar-refractivity contribution in [2.45, 2.75) is 13.3 Å². The Labute approximate surface area is 200 Å². The van der Waals surface area contributed by atoms with Crippen LogP contribution in [0.2, 0.25) is 0 Å². The third-order valence-electron chi connectivity index (χ3n) is 5.45. The predicted octanol–water partition coefficient (Wildman–Crippen LogP) is 3.61. The highest BCUT2D eigenvalue weighted by Crippen LogP contribution is 2.23. The summed E-state index contributed by atoms with van der Waals surface area (Å²) in [6.07, 6.45) is 3.83. The number of rotatable bonds is 9. The van der Waals surface area contributed by atoms with Crippen molar-refractivity contribution >= 4 is 23.6 Å². The average molecular weight is 460 g/mol. The Morgan fingerprint density at radius 1 is 1.12 bits per heavy atom. The molecule has 0 spiro atoms. The van der Waals surface area contributed by atoms with E-state index in [1.165, 1.54) is 0 Å². The van der Waals surface area contributed by atoms with Gasteiger partial charge in [-0.3, -0.25) is 4.79 Å². The Balaban J connectivity index is 1.69. The highest BCUT2D eigenvalue weighted by molar-refractivity contribution is 6.01. The summed E-state index contributed by atoms with van der Waals surface area (Å²) in [5.41, 5.74) is 2.71. The van der Waals surface area contributed by atoms with Gasteiger partial charge in [0.2, 0.25) is 0 Å². The number of nitriles is 1. The molecule has 3 rings (SSSR count). The fourth-order valence-electron chi connectivity index (χ4n) is 3.77. The Morgan fingerprint density at radius 3 is 2.50 bits per heavy atom. The molecule has 34 heavy (non-hydrogen) atoms. The number of benzene rings is 2. The highest BCUT2D eigenvalue weighted by Gasteiger charge is 2.24. The zero-order valence-corrected chi connectivity index (χ0v) is 19.4. The van der Waals surface area contributed by atoms with Crippen LogP contribution in [0.25, 0.3) is 6.08 Å². The first-order chi connectivity index (χ1) is 16.5. The van der Waals surface area contributed by atoms with Gasteiger partial charge in [0.15, 0.2) is 6.61 Å². The molecular formula is C27H29N3O4. The lowest BCUT2D eigenvalue weighted by molar-refractivity contribution is -0.145. The fourth-order valence-corrected chi connectivity index (χ4v) is 3.77. The summed E-state index contributed by atoms with van der Waals surface area (Å²) in [5.74, 6) is -0.184. The summed E-state index contributed by atoms with van der Waals surface area (Å²) in [5, 5.41) is 9.67. The van der Waals surface area contributed by atoms with E-state index in [4.69, 9.17) is 9.47 Å². The van der Waals surface area contributed by atoms with E-state index in [9.17, 15) is 14.9 Å². The molecule has 0 bridgehead atoms. The molecule has 1 aliphatic rings. The van der Waals surface area contributed by atoms with Crippen molar-refractivity contribution in [2.24, 2.45) is 0 Å². The number of nitrogens with zero attached hydrogens (tertiary/aromatic N) is 3. The summed E-state index contributed by atoms with van der Waals surface area (Å²) in [6.45, 7) is 8.13. The molecule has 176 valence electrons. The van der Waals surface area contributed by atoms with Gasteiger partial charge in [-0.05, 0) is 54.8 Å². The Bertz CT molecular complexity index is 1080. The summed E-state index contributed by atoms with van der Waals surface area (Å²) in [7, 11) is 0. The number of amides is 1. The number of allylic oxidation sites excluding steroid dienone is 1. The van der Waals surface area contributed by atoms with Gasteiger partial charge >= 0.3 is 5.97 Å². The summed E-state index contributed by atoms with van der Waals surface area (Å²) in [4.78, 5) is 28.6. The van der Waals surface area contributed by atoms with Crippen molar-refractivity contribution in [1.29, 1.82) is 5.26 Å². The fraction of sp³-hybridized carbons (Fsp3) is 0.296. The number of hydrogen-bond acceptors (Lipinski definition) is 6. The predicted molar refractivity (Wildman–Crippen MR) is 131 cm³/mol. The second-order valence-corrected chi connectivity index (χ2v) is 7.74. The Morgan fingerprint density at radius 2 is 1.85 bits per heavy atom. The van der Waals surface area contributed by atoms with Crippen LogP contribution in [0.3, 0.4) is 0 Å². The van der Waals surface area contributed by atoms with Gasteiger partial charge in [-0.15, -0.1) is 6.58 Å². The second-order valence-electron chi connectivity index (χ2n) is 7.74. The van der Waals surface area contributed by atoms with Crippen LogP contribution in [0.5, 0.6) is 5.75 Å². The summed E-state index contributed by atoms with van der Waals surface area (Å²) >= 11 is 0. The molecule has 0 aromatic heterocycles. The third kappa shape index (κ3) is 6.48. The molecule has 0 radical (unpaired) electrons. The van der Waals surface area contributed by atoms with E-state index in [2.05, 4.69) is 29.7 Å². The summed E-state index contributed by atoms with van der Waals surface area (Å²) < 4.78 is 10.5. The number of piperazine rings is 1. The van der Waals surface area contributed by atoms with E-state index in [-0.39, 0.29) is 24.7 Å². The maximum absolute atomic E-state index is 13.0. The number of carbonyl (C=O) groups excluding carboxylic acids is 2. The summed E-state index contributed by atoms with van der Waals surface area (Å²) in [6, 6.07) is 17.4. The molecule has 1 saturated heterocycles. The molecule has 2 aromatic carbocycles.